The molecule has 0 aliphatic carbocycles. The van der Waals surface area contributed by atoms with Gasteiger partial charge in [-0.3, -0.25) is 14.2 Å². The standard InChI is InChI=1S/C22H20N4O2/c27-21(24-12-1-2-13-24)17-9-7-16(8-10-17)15-26-20-18(5-3-11-23-20)25-14-4-6-19(25)22(26)28/h3-11,14H,1-2,12-13,15H2. The molecular weight excluding hydrogens is 352 g/mol. The molecule has 1 fully saturated rings. The smallest absolute Gasteiger partial charge is 0.276 e. The number of benzene rings is 1. The second-order valence-corrected chi connectivity index (χ2v) is 7.20. The molecule has 6 heteroatoms. The molecule has 140 valence electrons. The number of hydrogen-bond acceptors (Lipinski definition) is 3. The average Bonchev–Trinajstić information content (AvgIpc) is 3.43. The maximum absolute atomic E-state index is 13.0. The Morgan fingerprint density at radius 1 is 0.964 bits per heavy atom. The third-order valence-electron chi connectivity index (χ3n) is 5.43. The minimum Gasteiger partial charge on any atom is -0.339 e. The van der Waals surface area contributed by atoms with Gasteiger partial charge in [0.05, 0.1) is 12.1 Å². The Hall–Kier alpha value is -3.41. The first kappa shape index (κ1) is 16.7. The van der Waals surface area contributed by atoms with Crippen molar-refractivity contribution in [1.29, 1.82) is 0 Å². The molecule has 0 radical (unpaired) electrons. The normalized spacial score (nSPS) is 14.2. The van der Waals surface area contributed by atoms with Crippen LogP contribution in [0.1, 0.15) is 28.8 Å². The van der Waals surface area contributed by atoms with Crippen molar-refractivity contribution >= 4 is 22.6 Å². The summed E-state index contributed by atoms with van der Waals surface area (Å²) >= 11 is 0. The number of carbonyl (C=O) groups is 1. The van der Waals surface area contributed by atoms with Gasteiger partial charge in [-0.2, -0.15) is 0 Å². The number of carbonyl (C=O) groups excluding carboxylic acids is 1. The molecule has 0 atom stereocenters. The maximum atomic E-state index is 13.0. The summed E-state index contributed by atoms with van der Waals surface area (Å²) in [5, 5.41) is 0. The molecule has 28 heavy (non-hydrogen) atoms. The van der Waals surface area contributed by atoms with E-state index in [1.54, 1.807) is 10.8 Å². The molecule has 0 N–H and O–H groups in total. The Morgan fingerprint density at radius 3 is 2.50 bits per heavy atom. The van der Waals surface area contributed by atoms with Gasteiger partial charge in [0, 0.05) is 31.0 Å². The average molecular weight is 372 g/mol. The van der Waals surface area contributed by atoms with E-state index in [4.69, 9.17) is 0 Å². The second kappa shape index (κ2) is 6.64. The van der Waals surface area contributed by atoms with Crippen molar-refractivity contribution in [3.8, 4) is 0 Å². The molecule has 0 unspecified atom stereocenters. The Balaban J connectivity index is 1.52. The van der Waals surface area contributed by atoms with Crippen LogP contribution in [0, 0.1) is 0 Å². The quantitative estimate of drug-likeness (QED) is 0.556. The highest BCUT2D eigenvalue weighted by Crippen LogP contribution is 2.16. The van der Waals surface area contributed by atoms with Crippen molar-refractivity contribution in [1.82, 2.24) is 18.9 Å². The topological polar surface area (TPSA) is 59.6 Å². The highest BCUT2D eigenvalue weighted by Gasteiger charge is 2.19. The van der Waals surface area contributed by atoms with E-state index in [-0.39, 0.29) is 11.5 Å². The number of fused-ring (bicyclic) bond motifs is 3. The van der Waals surface area contributed by atoms with E-state index in [2.05, 4.69) is 4.98 Å². The van der Waals surface area contributed by atoms with Crippen molar-refractivity contribution in [2.24, 2.45) is 0 Å². The van der Waals surface area contributed by atoms with Gasteiger partial charge in [0.25, 0.3) is 11.5 Å². The summed E-state index contributed by atoms with van der Waals surface area (Å²) in [6.45, 7) is 2.09. The van der Waals surface area contributed by atoms with Gasteiger partial charge in [-0.25, -0.2) is 4.98 Å². The van der Waals surface area contributed by atoms with Crippen LogP contribution >= 0.6 is 0 Å². The van der Waals surface area contributed by atoms with Crippen LogP contribution < -0.4 is 5.56 Å². The van der Waals surface area contributed by atoms with Crippen molar-refractivity contribution in [2.45, 2.75) is 19.4 Å². The van der Waals surface area contributed by atoms with Crippen molar-refractivity contribution in [3.05, 3.63) is 82.4 Å². The van der Waals surface area contributed by atoms with Crippen molar-refractivity contribution in [3.63, 3.8) is 0 Å². The van der Waals surface area contributed by atoms with E-state index in [0.29, 0.717) is 23.3 Å². The molecule has 0 bridgehead atoms. The first-order valence-electron chi connectivity index (χ1n) is 9.55. The number of likely N-dealkylation sites (tertiary alicyclic amines) is 1. The molecular formula is C22H20N4O2. The van der Waals surface area contributed by atoms with Gasteiger partial charge in [-0.15, -0.1) is 0 Å². The number of pyridine rings is 1. The molecule has 4 heterocycles. The lowest BCUT2D eigenvalue weighted by Crippen LogP contribution is -2.27. The van der Waals surface area contributed by atoms with Gasteiger partial charge in [0.15, 0.2) is 5.65 Å². The molecule has 1 aliphatic rings. The Morgan fingerprint density at radius 2 is 1.71 bits per heavy atom. The van der Waals surface area contributed by atoms with Gasteiger partial charge in [-0.1, -0.05) is 12.1 Å². The number of rotatable bonds is 3. The molecule has 0 spiro atoms. The molecule has 1 amide bonds. The lowest BCUT2D eigenvalue weighted by atomic mass is 10.1. The SMILES string of the molecule is O=C(c1ccc(Cn2c(=O)c3cccn3c3cccnc32)cc1)N1CCCC1. The van der Waals surface area contributed by atoms with E-state index in [1.165, 1.54) is 0 Å². The Bertz CT molecular complexity index is 1230. The van der Waals surface area contributed by atoms with Crippen LogP contribution in [0.15, 0.2) is 65.7 Å². The molecule has 1 aliphatic heterocycles. The minimum atomic E-state index is -0.0755. The largest absolute Gasteiger partial charge is 0.339 e. The fourth-order valence-corrected chi connectivity index (χ4v) is 3.97. The number of aromatic nitrogens is 3. The molecule has 3 aromatic heterocycles. The van der Waals surface area contributed by atoms with Crippen LogP contribution in [0.4, 0.5) is 0 Å². The van der Waals surface area contributed by atoms with Gasteiger partial charge in [0.2, 0.25) is 0 Å². The van der Waals surface area contributed by atoms with Crippen LogP contribution in [-0.2, 0) is 6.54 Å². The summed E-state index contributed by atoms with van der Waals surface area (Å²) in [5.74, 6) is 0.0861. The fraction of sp³-hybridized carbons (Fsp3) is 0.227. The molecule has 5 rings (SSSR count). The van der Waals surface area contributed by atoms with Crippen molar-refractivity contribution < 1.29 is 4.79 Å². The number of nitrogens with zero attached hydrogens (tertiary/aromatic N) is 4. The summed E-state index contributed by atoms with van der Waals surface area (Å²) in [6.07, 6.45) is 5.74. The summed E-state index contributed by atoms with van der Waals surface area (Å²) in [4.78, 5) is 31.9. The summed E-state index contributed by atoms with van der Waals surface area (Å²) in [7, 11) is 0. The molecule has 4 aromatic rings. The third-order valence-corrected chi connectivity index (χ3v) is 5.43. The lowest BCUT2D eigenvalue weighted by molar-refractivity contribution is 0.0793. The highest BCUT2D eigenvalue weighted by molar-refractivity contribution is 5.94. The maximum Gasteiger partial charge on any atom is 0.276 e. The fourth-order valence-electron chi connectivity index (χ4n) is 3.97. The summed E-state index contributed by atoms with van der Waals surface area (Å²) < 4.78 is 3.57. The number of amides is 1. The van der Waals surface area contributed by atoms with Crippen LogP contribution in [0.3, 0.4) is 0 Å². The van der Waals surface area contributed by atoms with Gasteiger partial charge in [-0.05, 0) is 54.8 Å². The predicted molar refractivity (Wildman–Crippen MR) is 108 cm³/mol. The molecule has 1 aromatic carbocycles. The second-order valence-electron chi connectivity index (χ2n) is 7.20. The summed E-state index contributed by atoms with van der Waals surface area (Å²) in [5.41, 5.74) is 3.75. The molecule has 0 saturated carbocycles. The monoisotopic (exact) mass is 372 g/mol. The zero-order valence-electron chi connectivity index (χ0n) is 15.4. The highest BCUT2D eigenvalue weighted by atomic mass is 16.2. The zero-order valence-corrected chi connectivity index (χ0v) is 15.4. The van der Waals surface area contributed by atoms with E-state index < -0.39 is 0 Å². The molecule has 1 saturated heterocycles. The first-order chi connectivity index (χ1) is 13.7. The molecule has 6 nitrogen and oxygen atoms in total. The van der Waals surface area contributed by atoms with Gasteiger partial charge < -0.3 is 9.30 Å². The van der Waals surface area contributed by atoms with Crippen LogP contribution in [0.2, 0.25) is 0 Å². The van der Waals surface area contributed by atoms with Crippen LogP contribution in [0.5, 0.6) is 0 Å². The minimum absolute atomic E-state index is 0.0755. The van der Waals surface area contributed by atoms with Gasteiger partial charge in [0.1, 0.15) is 5.52 Å². The number of hydrogen-bond donors (Lipinski definition) is 0. The lowest BCUT2D eigenvalue weighted by Gasteiger charge is -2.15. The van der Waals surface area contributed by atoms with E-state index in [1.807, 2.05) is 64.0 Å². The van der Waals surface area contributed by atoms with E-state index >= 15 is 0 Å². The zero-order chi connectivity index (χ0) is 19.1. The third kappa shape index (κ3) is 2.69. The van der Waals surface area contributed by atoms with Crippen molar-refractivity contribution in [2.75, 3.05) is 13.1 Å². The first-order valence-corrected chi connectivity index (χ1v) is 9.55. The van der Waals surface area contributed by atoms with E-state index in [9.17, 15) is 9.59 Å². The van der Waals surface area contributed by atoms with E-state index in [0.717, 1.165) is 37.0 Å². The predicted octanol–water partition coefficient (Wildman–Crippen LogP) is 2.93. The van der Waals surface area contributed by atoms with Crippen LogP contribution in [0.25, 0.3) is 16.7 Å². The van der Waals surface area contributed by atoms with Crippen LogP contribution in [-0.4, -0.2) is 37.8 Å². The summed E-state index contributed by atoms with van der Waals surface area (Å²) in [6, 6.07) is 15.1. The Labute approximate surface area is 161 Å². The Kier molecular flexibility index (Phi) is 3.97. The van der Waals surface area contributed by atoms with Gasteiger partial charge >= 0.3 is 0 Å².